The van der Waals surface area contributed by atoms with Gasteiger partial charge in [-0.3, -0.25) is 13.9 Å². The molecule has 0 saturated carbocycles. The van der Waals surface area contributed by atoms with Crippen LogP contribution in [0.1, 0.15) is 16.8 Å². The zero-order valence-electron chi connectivity index (χ0n) is 9.92. The molecule has 0 heterocycles. The number of nitrogens with one attached hydrogen (secondary N) is 1. The Morgan fingerprint density at radius 3 is 2.35 bits per heavy atom. The van der Waals surface area contributed by atoms with Crippen molar-refractivity contribution in [1.29, 1.82) is 0 Å². The van der Waals surface area contributed by atoms with Crippen molar-refractivity contribution in [3.63, 3.8) is 0 Å². The molecule has 1 aromatic carbocycles. The summed E-state index contributed by atoms with van der Waals surface area (Å²) in [6, 6.07) is 0.226. The smallest absolute Gasteiger partial charge is 0.254 e. The second-order valence-corrected chi connectivity index (χ2v) is 5.58. The van der Waals surface area contributed by atoms with E-state index in [0.717, 1.165) is 0 Å². The van der Waals surface area contributed by atoms with Crippen molar-refractivity contribution < 1.29 is 30.8 Å². The van der Waals surface area contributed by atoms with Crippen LogP contribution in [-0.2, 0) is 10.0 Å². The van der Waals surface area contributed by atoms with Gasteiger partial charge in [0, 0.05) is 6.07 Å². The summed E-state index contributed by atoms with van der Waals surface area (Å²) in [4.78, 5) is 10.8. The van der Waals surface area contributed by atoms with Crippen molar-refractivity contribution in [1.82, 2.24) is 0 Å². The molecule has 0 aliphatic carbocycles. The average molecular weight is 314 g/mol. The van der Waals surface area contributed by atoms with Crippen LogP contribution in [0.4, 0.5) is 23.2 Å². The van der Waals surface area contributed by atoms with Crippen LogP contribution < -0.4 is 10.5 Å². The molecule has 0 spiro atoms. The molecule has 0 fully saturated rings. The summed E-state index contributed by atoms with van der Waals surface area (Å²) in [7, 11) is -4.16. The molecule has 10 heteroatoms. The molecule has 0 unspecified atom stereocenters. The Kier molecular flexibility index (Phi) is 4.93. The third-order valence-corrected chi connectivity index (χ3v) is 3.57. The number of anilines is 1. The van der Waals surface area contributed by atoms with E-state index in [0.29, 0.717) is 0 Å². The predicted octanol–water partition coefficient (Wildman–Crippen LogP) is 1.30. The lowest BCUT2D eigenvalue weighted by Gasteiger charge is -2.11. The number of sulfonamides is 1. The van der Waals surface area contributed by atoms with E-state index >= 15 is 0 Å². The van der Waals surface area contributed by atoms with E-state index in [1.807, 2.05) is 0 Å². The fraction of sp³-hybridized carbons (Fsp3) is 0.300. The minimum atomic E-state index is -4.16. The molecule has 112 valence electrons. The molecule has 20 heavy (non-hydrogen) atoms. The highest BCUT2D eigenvalue weighted by molar-refractivity contribution is 7.92. The van der Waals surface area contributed by atoms with E-state index in [4.69, 9.17) is 0 Å². The van der Waals surface area contributed by atoms with Gasteiger partial charge in [0.15, 0.2) is 17.5 Å². The molecule has 5 nitrogen and oxygen atoms in total. The molecule has 1 aromatic rings. The average Bonchev–Trinajstić information content (AvgIpc) is 2.33. The zero-order chi connectivity index (χ0) is 15.5. The number of alkyl halides is 1. The van der Waals surface area contributed by atoms with E-state index in [2.05, 4.69) is 5.73 Å². The number of amides is 1. The van der Waals surface area contributed by atoms with Crippen LogP contribution in [0.15, 0.2) is 6.07 Å². The molecule has 0 aliphatic rings. The normalized spacial score (nSPS) is 11.4. The summed E-state index contributed by atoms with van der Waals surface area (Å²) in [6.45, 7) is -0.923. The molecular formula is C10H10F4N2O3S. The Hall–Kier alpha value is -1.84. The highest BCUT2D eigenvalue weighted by atomic mass is 32.2. The predicted molar refractivity (Wildman–Crippen MR) is 62.8 cm³/mol. The zero-order valence-corrected chi connectivity index (χ0v) is 10.7. The lowest BCUT2D eigenvalue weighted by atomic mass is 10.1. The first-order valence-corrected chi connectivity index (χ1v) is 6.88. The molecular weight excluding hydrogens is 304 g/mol. The van der Waals surface area contributed by atoms with E-state index in [-0.39, 0.29) is 12.5 Å². The van der Waals surface area contributed by atoms with Crippen LogP contribution in [0.2, 0.25) is 0 Å². The lowest BCUT2D eigenvalue weighted by Crippen LogP contribution is -2.22. The van der Waals surface area contributed by atoms with Crippen LogP contribution in [0.3, 0.4) is 0 Å². The highest BCUT2D eigenvalue weighted by Crippen LogP contribution is 2.24. The second kappa shape index (κ2) is 6.07. The SMILES string of the molecule is NC(=O)c1c(F)c(F)cc(NS(=O)(=O)CCCF)c1F. The van der Waals surface area contributed by atoms with Crippen LogP contribution in [0.5, 0.6) is 0 Å². The van der Waals surface area contributed by atoms with Crippen molar-refractivity contribution >= 4 is 21.6 Å². The fourth-order valence-electron chi connectivity index (χ4n) is 1.36. The van der Waals surface area contributed by atoms with Gasteiger partial charge in [-0.05, 0) is 6.42 Å². The van der Waals surface area contributed by atoms with Crippen LogP contribution in [0, 0.1) is 17.5 Å². The second-order valence-electron chi connectivity index (χ2n) is 3.74. The van der Waals surface area contributed by atoms with Crippen LogP contribution >= 0.6 is 0 Å². The Bertz CT molecular complexity index is 634. The summed E-state index contributed by atoms with van der Waals surface area (Å²) < 4.78 is 76.4. The third-order valence-electron chi connectivity index (χ3n) is 2.21. The number of carbonyl (C=O) groups excluding carboxylic acids is 1. The summed E-state index contributed by atoms with van der Waals surface area (Å²) >= 11 is 0. The third kappa shape index (κ3) is 3.59. The van der Waals surface area contributed by atoms with Gasteiger partial charge in [-0.2, -0.15) is 0 Å². The Morgan fingerprint density at radius 2 is 1.85 bits per heavy atom. The number of primary amides is 1. The van der Waals surface area contributed by atoms with E-state index < -0.39 is 57.1 Å². The number of nitrogens with two attached hydrogens (primary N) is 1. The molecule has 0 radical (unpaired) electrons. The molecule has 1 rings (SSSR count). The standard InChI is InChI=1S/C10H10F4N2O3S/c11-2-1-3-20(18,19)16-6-4-5(12)8(13)7(9(6)14)10(15)17/h4,16H,1-3H2,(H2,15,17). The van der Waals surface area contributed by atoms with Crippen LogP contribution in [-0.4, -0.2) is 26.8 Å². The van der Waals surface area contributed by atoms with Gasteiger partial charge in [0.2, 0.25) is 10.0 Å². The minimum Gasteiger partial charge on any atom is -0.365 e. The Balaban J connectivity index is 3.24. The van der Waals surface area contributed by atoms with Gasteiger partial charge in [-0.1, -0.05) is 0 Å². The number of benzene rings is 1. The maximum absolute atomic E-state index is 13.7. The summed E-state index contributed by atoms with van der Waals surface area (Å²) in [6.07, 6.45) is -0.358. The largest absolute Gasteiger partial charge is 0.365 e. The number of rotatable bonds is 6. The molecule has 0 aliphatic heterocycles. The number of carbonyl (C=O) groups is 1. The van der Waals surface area contributed by atoms with Crippen LogP contribution in [0.25, 0.3) is 0 Å². The monoisotopic (exact) mass is 314 g/mol. The molecule has 0 bridgehead atoms. The van der Waals surface area contributed by atoms with E-state index in [1.165, 1.54) is 0 Å². The molecule has 0 saturated heterocycles. The van der Waals surface area contributed by atoms with Gasteiger partial charge in [0.25, 0.3) is 5.91 Å². The van der Waals surface area contributed by atoms with Gasteiger partial charge in [-0.25, -0.2) is 21.6 Å². The first kappa shape index (κ1) is 16.2. The molecule has 3 N–H and O–H groups in total. The van der Waals surface area contributed by atoms with Gasteiger partial charge in [0.05, 0.1) is 18.1 Å². The first-order chi connectivity index (χ1) is 9.19. The first-order valence-electron chi connectivity index (χ1n) is 5.23. The van der Waals surface area contributed by atoms with Gasteiger partial charge in [-0.15, -0.1) is 0 Å². The Morgan fingerprint density at radius 1 is 1.25 bits per heavy atom. The van der Waals surface area contributed by atoms with E-state index in [9.17, 15) is 30.8 Å². The number of halogens is 4. The van der Waals surface area contributed by atoms with Crippen molar-refractivity contribution in [2.75, 3.05) is 17.1 Å². The summed E-state index contributed by atoms with van der Waals surface area (Å²) in [5.41, 5.74) is 2.31. The fourth-order valence-corrected chi connectivity index (χ4v) is 2.43. The quantitative estimate of drug-likeness (QED) is 0.613. The van der Waals surface area contributed by atoms with Crippen molar-refractivity contribution in [3.8, 4) is 0 Å². The van der Waals surface area contributed by atoms with Gasteiger partial charge < -0.3 is 5.73 Å². The number of hydrogen-bond acceptors (Lipinski definition) is 3. The molecule has 0 atom stereocenters. The maximum atomic E-state index is 13.7. The minimum absolute atomic E-state index is 0.226. The number of hydrogen-bond donors (Lipinski definition) is 2. The maximum Gasteiger partial charge on any atom is 0.254 e. The van der Waals surface area contributed by atoms with E-state index in [1.54, 1.807) is 4.72 Å². The van der Waals surface area contributed by atoms with Crippen molar-refractivity contribution in [3.05, 3.63) is 29.1 Å². The summed E-state index contributed by atoms with van der Waals surface area (Å²) in [5.74, 6) is -7.39. The highest BCUT2D eigenvalue weighted by Gasteiger charge is 2.24. The van der Waals surface area contributed by atoms with Gasteiger partial charge >= 0.3 is 0 Å². The Labute approximate surface area is 111 Å². The van der Waals surface area contributed by atoms with Gasteiger partial charge in [0.1, 0.15) is 5.56 Å². The lowest BCUT2D eigenvalue weighted by molar-refractivity contribution is 0.0991. The molecule has 0 aromatic heterocycles. The topological polar surface area (TPSA) is 89.3 Å². The molecule has 1 amide bonds. The van der Waals surface area contributed by atoms with Crippen molar-refractivity contribution in [2.45, 2.75) is 6.42 Å². The summed E-state index contributed by atoms with van der Waals surface area (Å²) in [5, 5.41) is 0. The van der Waals surface area contributed by atoms with Crippen molar-refractivity contribution in [2.24, 2.45) is 5.73 Å².